The number of halogens is 4. The number of aromatic carboxylic acids is 1. The number of hydrogen-bond acceptors (Lipinski definition) is 1. The Hall–Kier alpha value is -0.130. The lowest BCUT2D eigenvalue weighted by molar-refractivity contribution is 0.0695. The fourth-order valence-electron chi connectivity index (χ4n) is 0.728. The summed E-state index contributed by atoms with van der Waals surface area (Å²) >= 11 is 11.3. The molecule has 70 valence electrons. The molecule has 1 aromatic rings. The van der Waals surface area contributed by atoms with Gasteiger partial charge >= 0.3 is 5.97 Å². The molecule has 0 aliphatic heterocycles. The van der Waals surface area contributed by atoms with Gasteiger partial charge in [-0.3, -0.25) is 0 Å². The van der Waals surface area contributed by atoms with Crippen molar-refractivity contribution >= 4 is 49.4 Å². The van der Waals surface area contributed by atoms with Crippen LogP contribution in [0, 0.1) is 5.82 Å². The Morgan fingerprint density at radius 1 is 1.46 bits per heavy atom. The Bertz CT molecular complexity index is 381. The molecule has 0 bridgehead atoms. The zero-order valence-electron chi connectivity index (χ0n) is 5.94. The molecule has 0 saturated heterocycles. The van der Waals surface area contributed by atoms with Crippen LogP contribution in [0.1, 0.15) is 10.4 Å². The van der Waals surface area contributed by atoms with Gasteiger partial charge in [-0.1, -0.05) is 11.6 Å². The number of carboxylic acid groups (broad SMARTS) is 1. The van der Waals surface area contributed by atoms with Crippen LogP contribution in [0.5, 0.6) is 0 Å². The molecule has 0 heterocycles. The minimum atomic E-state index is -1.24. The Labute approximate surface area is 95.0 Å². The summed E-state index contributed by atoms with van der Waals surface area (Å²) in [7, 11) is 0. The molecule has 0 aliphatic carbocycles. The lowest BCUT2D eigenvalue weighted by Crippen LogP contribution is -2.00. The average Bonchev–Trinajstić information content (AvgIpc) is 2.07. The maximum atomic E-state index is 13.2. The molecule has 1 aromatic carbocycles. The van der Waals surface area contributed by atoms with Crippen LogP contribution >= 0.6 is 43.5 Å². The summed E-state index contributed by atoms with van der Waals surface area (Å²) in [5.74, 6) is -1.95. The second-order valence-electron chi connectivity index (χ2n) is 2.15. The van der Waals surface area contributed by atoms with Gasteiger partial charge in [0.05, 0.1) is 19.5 Å². The van der Waals surface area contributed by atoms with Crippen molar-refractivity contribution in [2.24, 2.45) is 0 Å². The van der Waals surface area contributed by atoms with Crippen LogP contribution in [0.3, 0.4) is 0 Å². The summed E-state index contributed by atoms with van der Waals surface area (Å²) < 4.78 is 13.1. The molecule has 0 aromatic heterocycles. The third-order valence-electron chi connectivity index (χ3n) is 1.33. The smallest absolute Gasteiger partial charge is 0.337 e. The molecule has 0 unspecified atom stereocenters. The highest BCUT2D eigenvalue weighted by Gasteiger charge is 2.17. The normalized spacial score (nSPS) is 10.2. The van der Waals surface area contributed by atoms with Crippen molar-refractivity contribution in [2.75, 3.05) is 0 Å². The molecule has 2 nitrogen and oxygen atoms in total. The van der Waals surface area contributed by atoms with Gasteiger partial charge in [-0.25, -0.2) is 9.18 Å². The standard InChI is InChI=1S/C7H2Br2ClFO2/c8-4-2(7(12)13)1-3(10)5(9)6(4)11/h1H,(H,12,13). The zero-order valence-corrected chi connectivity index (χ0v) is 9.87. The number of carbonyl (C=O) groups is 1. The third-order valence-corrected chi connectivity index (χ3v) is 3.41. The van der Waals surface area contributed by atoms with Gasteiger partial charge < -0.3 is 5.11 Å². The molecule has 0 saturated carbocycles. The molecule has 6 heteroatoms. The summed E-state index contributed by atoms with van der Waals surface area (Å²) in [6.45, 7) is 0. The first-order valence-electron chi connectivity index (χ1n) is 3.01. The molecule has 0 aliphatic rings. The predicted octanol–water partition coefficient (Wildman–Crippen LogP) is 3.70. The van der Waals surface area contributed by atoms with Crippen LogP contribution in [-0.4, -0.2) is 11.1 Å². The van der Waals surface area contributed by atoms with E-state index >= 15 is 0 Å². The molecule has 1 N–H and O–H groups in total. The number of rotatable bonds is 1. The minimum Gasteiger partial charge on any atom is -0.478 e. The van der Waals surface area contributed by atoms with E-state index in [0.29, 0.717) is 0 Å². The lowest BCUT2D eigenvalue weighted by atomic mass is 10.2. The largest absolute Gasteiger partial charge is 0.478 e. The molecule has 0 radical (unpaired) electrons. The summed E-state index contributed by atoms with van der Waals surface area (Å²) in [5, 5.41) is 8.66. The van der Waals surface area contributed by atoms with E-state index in [4.69, 9.17) is 16.7 Å². The van der Waals surface area contributed by atoms with Crippen LogP contribution in [0.25, 0.3) is 0 Å². The van der Waals surface area contributed by atoms with E-state index in [-0.39, 0.29) is 19.5 Å². The molecule has 0 atom stereocenters. The number of carboxylic acids is 1. The van der Waals surface area contributed by atoms with Crippen LogP contribution in [-0.2, 0) is 0 Å². The Morgan fingerprint density at radius 3 is 2.46 bits per heavy atom. The molecule has 13 heavy (non-hydrogen) atoms. The van der Waals surface area contributed by atoms with Crippen LogP contribution in [0.2, 0.25) is 5.02 Å². The van der Waals surface area contributed by atoms with E-state index in [1.54, 1.807) is 0 Å². The highest BCUT2D eigenvalue weighted by Crippen LogP contribution is 2.33. The molecular weight excluding hydrogens is 330 g/mol. The third kappa shape index (κ3) is 2.03. The second-order valence-corrected chi connectivity index (χ2v) is 4.15. The van der Waals surface area contributed by atoms with Crippen molar-refractivity contribution < 1.29 is 14.3 Å². The summed E-state index contributed by atoms with van der Waals surface area (Å²) in [5.41, 5.74) is -0.203. The van der Waals surface area contributed by atoms with Gasteiger partial charge in [0.2, 0.25) is 0 Å². The summed E-state index contributed by atoms with van der Waals surface area (Å²) in [6.07, 6.45) is 0. The van der Waals surface area contributed by atoms with E-state index in [0.717, 1.165) is 0 Å². The fourth-order valence-corrected chi connectivity index (χ4v) is 1.98. The first kappa shape index (κ1) is 10.9. The van der Waals surface area contributed by atoms with E-state index in [1.165, 1.54) is 6.07 Å². The van der Waals surface area contributed by atoms with Crippen molar-refractivity contribution in [3.05, 3.63) is 31.4 Å². The number of hydrogen-bond donors (Lipinski definition) is 1. The highest BCUT2D eigenvalue weighted by atomic mass is 79.9. The summed E-state index contributed by atoms with van der Waals surface area (Å²) in [6, 6.07) is 1.17. The van der Waals surface area contributed by atoms with Gasteiger partial charge in [-0.05, 0) is 37.9 Å². The summed E-state index contributed by atoms with van der Waals surface area (Å²) in [4.78, 5) is 10.6. The molecule has 1 rings (SSSR count). The topological polar surface area (TPSA) is 37.3 Å². The van der Waals surface area contributed by atoms with E-state index in [1.807, 2.05) is 0 Å². The van der Waals surface area contributed by atoms with Crippen molar-refractivity contribution in [1.82, 2.24) is 0 Å². The molecular formula is C7H2Br2ClFO2. The van der Waals surface area contributed by atoms with Crippen LogP contribution in [0.4, 0.5) is 4.39 Å². The quantitative estimate of drug-likeness (QED) is 0.629. The van der Waals surface area contributed by atoms with Gasteiger partial charge in [0.25, 0.3) is 0 Å². The van der Waals surface area contributed by atoms with Gasteiger partial charge in [-0.2, -0.15) is 0 Å². The Morgan fingerprint density at radius 2 is 2.00 bits per heavy atom. The Balaban J connectivity index is 3.50. The fraction of sp³-hybridized carbons (Fsp3) is 0. The SMILES string of the molecule is O=C(O)c1cc(Cl)c(Br)c(F)c1Br. The van der Waals surface area contributed by atoms with Crippen LogP contribution < -0.4 is 0 Å². The minimum absolute atomic E-state index is 0.0260. The van der Waals surface area contributed by atoms with Crippen molar-refractivity contribution in [3.8, 4) is 0 Å². The molecule has 0 amide bonds. The maximum absolute atomic E-state index is 13.2. The first-order chi connectivity index (χ1) is 5.95. The predicted molar refractivity (Wildman–Crippen MR) is 53.8 cm³/mol. The molecule has 0 fully saturated rings. The van der Waals surface area contributed by atoms with Crippen molar-refractivity contribution in [3.63, 3.8) is 0 Å². The van der Waals surface area contributed by atoms with E-state index in [9.17, 15) is 9.18 Å². The maximum Gasteiger partial charge on any atom is 0.337 e. The number of benzene rings is 1. The van der Waals surface area contributed by atoms with Gasteiger partial charge in [0.1, 0.15) is 0 Å². The zero-order chi connectivity index (χ0) is 10.2. The van der Waals surface area contributed by atoms with E-state index < -0.39 is 11.8 Å². The van der Waals surface area contributed by atoms with Crippen LogP contribution in [0.15, 0.2) is 15.0 Å². The molecule has 0 spiro atoms. The monoisotopic (exact) mass is 330 g/mol. The van der Waals surface area contributed by atoms with Gasteiger partial charge in [-0.15, -0.1) is 0 Å². The first-order valence-corrected chi connectivity index (χ1v) is 4.97. The Kier molecular flexibility index (Phi) is 3.32. The average molecular weight is 332 g/mol. The highest BCUT2D eigenvalue weighted by molar-refractivity contribution is 9.11. The van der Waals surface area contributed by atoms with Gasteiger partial charge in [0.15, 0.2) is 5.82 Å². The van der Waals surface area contributed by atoms with Crippen molar-refractivity contribution in [1.29, 1.82) is 0 Å². The van der Waals surface area contributed by atoms with Crippen molar-refractivity contribution in [2.45, 2.75) is 0 Å². The van der Waals surface area contributed by atoms with E-state index in [2.05, 4.69) is 31.9 Å². The second kappa shape index (κ2) is 3.94. The lowest BCUT2D eigenvalue weighted by Gasteiger charge is -2.04. The van der Waals surface area contributed by atoms with Gasteiger partial charge in [0, 0.05) is 0 Å².